The van der Waals surface area contributed by atoms with E-state index in [1.165, 1.54) is 20.1 Å². The van der Waals surface area contributed by atoms with Crippen LogP contribution >= 0.6 is 0 Å². The molecule has 30 heavy (non-hydrogen) atoms. The summed E-state index contributed by atoms with van der Waals surface area (Å²) < 4.78 is 5.40. The number of aromatic hydroxyl groups is 1. The number of carboxylic acid groups (broad SMARTS) is 1. The van der Waals surface area contributed by atoms with Gasteiger partial charge in [0.1, 0.15) is 12.0 Å². The zero-order chi connectivity index (χ0) is 21.5. The van der Waals surface area contributed by atoms with E-state index in [1.807, 2.05) is 0 Å². The fraction of sp³-hybridized carbons (Fsp3) is 0.368. The van der Waals surface area contributed by atoms with E-state index in [0.29, 0.717) is 30.1 Å². The molecule has 0 radical (unpaired) electrons. The Bertz CT molecular complexity index is 1010. The van der Waals surface area contributed by atoms with Crippen molar-refractivity contribution >= 4 is 11.9 Å². The van der Waals surface area contributed by atoms with Crippen LogP contribution in [0, 0.1) is 0 Å². The Hall–Kier alpha value is -3.60. The third-order valence-corrected chi connectivity index (χ3v) is 5.19. The number of hydrogen-bond acceptors (Lipinski definition) is 8. The van der Waals surface area contributed by atoms with Crippen molar-refractivity contribution < 1.29 is 24.5 Å². The number of ether oxygens (including phenoxy) is 1. The molecule has 0 aromatic carbocycles. The number of amides is 1. The lowest BCUT2D eigenvalue weighted by molar-refractivity contribution is -0.150. The summed E-state index contributed by atoms with van der Waals surface area (Å²) in [6.07, 6.45) is 4.94. The monoisotopic (exact) mass is 414 g/mol. The minimum absolute atomic E-state index is 0.0762. The van der Waals surface area contributed by atoms with Crippen LogP contribution in [0.2, 0.25) is 0 Å². The third-order valence-electron chi connectivity index (χ3n) is 5.19. The number of aryl methyl sites for hydroxylation is 1. The molecule has 5 N–H and O–H groups in total. The first-order valence-electron chi connectivity index (χ1n) is 9.42. The number of hydrazine groups is 1. The fourth-order valence-corrected chi connectivity index (χ4v) is 3.38. The highest BCUT2D eigenvalue weighted by atomic mass is 16.5. The molecule has 158 valence electrons. The minimum Gasteiger partial charge on any atom is -0.506 e. The smallest absolute Gasteiger partial charge is 0.330 e. The van der Waals surface area contributed by atoms with Gasteiger partial charge in [0.05, 0.1) is 17.4 Å². The predicted molar refractivity (Wildman–Crippen MR) is 103 cm³/mol. The first kappa shape index (κ1) is 19.7. The number of nitrogens with zero attached hydrogens (tertiary/aromatic N) is 3. The van der Waals surface area contributed by atoms with E-state index in [2.05, 4.69) is 25.7 Å². The van der Waals surface area contributed by atoms with Gasteiger partial charge in [-0.3, -0.25) is 14.8 Å². The van der Waals surface area contributed by atoms with Gasteiger partial charge in [-0.05, 0) is 38.8 Å². The second-order valence-corrected chi connectivity index (χ2v) is 7.56. The van der Waals surface area contributed by atoms with Crippen molar-refractivity contribution in [1.29, 1.82) is 0 Å². The number of carbonyl (C=O) groups excluding carboxylic acids is 1. The van der Waals surface area contributed by atoms with E-state index in [4.69, 9.17) is 4.74 Å². The number of fused-ring (bicyclic) bond motifs is 1. The highest BCUT2D eigenvalue weighted by Crippen LogP contribution is 2.32. The summed E-state index contributed by atoms with van der Waals surface area (Å²) in [6.45, 7) is 2.87. The van der Waals surface area contributed by atoms with Gasteiger partial charge in [0.25, 0.3) is 5.91 Å². The lowest BCUT2D eigenvalue weighted by Crippen LogP contribution is -2.62. The first-order chi connectivity index (χ1) is 14.3. The molecule has 11 nitrogen and oxygen atoms in total. The van der Waals surface area contributed by atoms with Crippen LogP contribution in [0.3, 0.4) is 0 Å². The maximum absolute atomic E-state index is 13.1. The number of carbonyl (C=O) groups is 2. The molecule has 0 saturated heterocycles. The van der Waals surface area contributed by atoms with E-state index in [0.717, 1.165) is 5.01 Å². The first-order valence-corrected chi connectivity index (χ1v) is 9.42. The number of aromatic amines is 1. The number of aliphatic carboxylic acids is 1. The predicted octanol–water partition coefficient (Wildman–Crippen LogP) is 1.10. The Labute approximate surface area is 171 Å². The maximum atomic E-state index is 13.1. The molecule has 0 spiro atoms. The zero-order valence-electron chi connectivity index (χ0n) is 16.4. The molecule has 2 unspecified atom stereocenters. The van der Waals surface area contributed by atoms with Gasteiger partial charge in [0.2, 0.25) is 6.23 Å². The summed E-state index contributed by atoms with van der Waals surface area (Å²) in [6, 6.07) is 2.72. The molecule has 0 bridgehead atoms. The van der Waals surface area contributed by atoms with Crippen LogP contribution in [-0.4, -0.2) is 47.6 Å². The summed E-state index contributed by atoms with van der Waals surface area (Å²) in [7, 11) is 0. The van der Waals surface area contributed by atoms with Crippen LogP contribution in [0.1, 0.15) is 60.2 Å². The van der Waals surface area contributed by atoms with Crippen LogP contribution < -0.4 is 10.7 Å². The van der Waals surface area contributed by atoms with Crippen LogP contribution in [0.15, 0.2) is 30.8 Å². The van der Waals surface area contributed by atoms with Gasteiger partial charge in [0, 0.05) is 12.4 Å². The Balaban J connectivity index is 1.67. The number of rotatable bonds is 6. The Kier molecular flexibility index (Phi) is 4.82. The van der Waals surface area contributed by atoms with Gasteiger partial charge in [-0.15, -0.1) is 0 Å². The molecule has 0 saturated carbocycles. The van der Waals surface area contributed by atoms with Gasteiger partial charge < -0.3 is 25.3 Å². The van der Waals surface area contributed by atoms with Crippen molar-refractivity contribution in [2.45, 2.75) is 44.5 Å². The molecule has 11 heteroatoms. The molecular formula is C19H22N6O5. The van der Waals surface area contributed by atoms with Crippen LogP contribution in [0.25, 0.3) is 0 Å². The summed E-state index contributed by atoms with van der Waals surface area (Å²) in [5, 5.41) is 23.7. The number of nitrogens with one attached hydrogen (secondary N) is 3. The molecular weight excluding hydrogens is 392 g/mol. The van der Waals surface area contributed by atoms with Crippen molar-refractivity contribution in [3.05, 3.63) is 53.7 Å². The fourth-order valence-electron chi connectivity index (χ4n) is 3.38. The largest absolute Gasteiger partial charge is 0.506 e. The summed E-state index contributed by atoms with van der Waals surface area (Å²) in [4.78, 5) is 36.5. The quantitative estimate of drug-likeness (QED) is 0.467. The molecule has 2 atom stereocenters. The number of pyridine rings is 1. The van der Waals surface area contributed by atoms with Gasteiger partial charge in [-0.1, -0.05) is 0 Å². The molecule has 2 aromatic rings. The average Bonchev–Trinajstić information content (AvgIpc) is 3.38. The topological polar surface area (TPSA) is 153 Å². The van der Waals surface area contributed by atoms with Crippen LogP contribution in [0.5, 0.6) is 5.75 Å². The Morgan fingerprint density at radius 2 is 2.20 bits per heavy atom. The van der Waals surface area contributed by atoms with Gasteiger partial charge in [-0.2, -0.15) is 0 Å². The minimum atomic E-state index is -1.51. The van der Waals surface area contributed by atoms with E-state index < -0.39 is 29.7 Å². The molecule has 4 rings (SSSR count). The van der Waals surface area contributed by atoms with Crippen LogP contribution in [0.4, 0.5) is 0 Å². The third kappa shape index (κ3) is 3.32. The molecule has 2 aliphatic heterocycles. The molecule has 0 aliphatic carbocycles. The van der Waals surface area contributed by atoms with E-state index in [9.17, 15) is 19.8 Å². The zero-order valence-corrected chi connectivity index (χ0v) is 16.4. The highest BCUT2D eigenvalue weighted by molar-refractivity contribution is 5.97. The summed E-state index contributed by atoms with van der Waals surface area (Å²) >= 11 is 0. The van der Waals surface area contributed by atoms with Crippen molar-refractivity contribution in [3.63, 3.8) is 0 Å². The maximum Gasteiger partial charge on any atom is 0.330 e. The Morgan fingerprint density at radius 1 is 1.40 bits per heavy atom. The number of H-pyrrole nitrogens is 1. The lowest BCUT2D eigenvalue weighted by atomic mass is 9.98. The SMILES string of the molecule is CC(C)(C(=O)O)N1NC(CCc2ncccc2O)c2[nH]c(C3NC=CO3)nc2C1=O. The van der Waals surface area contributed by atoms with E-state index in [-0.39, 0.29) is 11.4 Å². The van der Waals surface area contributed by atoms with Crippen molar-refractivity contribution in [3.8, 4) is 5.75 Å². The number of hydrogen-bond donors (Lipinski definition) is 5. The molecule has 4 heterocycles. The average molecular weight is 414 g/mol. The van der Waals surface area contributed by atoms with Gasteiger partial charge in [-0.25, -0.2) is 15.2 Å². The molecule has 2 aromatic heterocycles. The number of aromatic nitrogens is 3. The van der Waals surface area contributed by atoms with Crippen LogP contribution in [-0.2, 0) is 16.0 Å². The van der Waals surface area contributed by atoms with Crippen molar-refractivity contribution in [2.24, 2.45) is 0 Å². The lowest BCUT2D eigenvalue weighted by Gasteiger charge is -2.40. The molecule has 2 aliphatic rings. The molecule has 1 amide bonds. The highest BCUT2D eigenvalue weighted by Gasteiger charge is 2.45. The second kappa shape index (κ2) is 7.34. The van der Waals surface area contributed by atoms with E-state index in [1.54, 1.807) is 24.5 Å². The summed E-state index contributed by atoms with van der Waals surface area (Å²) in [5.74, 6) is -1.23. The standard InChI is InChI=1S/C19H22N6O5/c1-19(2,18(28)29)25-17(27)14-13(22-15(23-14)16-21-8-9-30-16)11(24-25)6-5-10-12(26)4-3-7-20-10/h3-4,7-9,11,16,21,24,26H,5-6H2,1-2H3,(H,22,23)(H,28,29). The normalized spacial score (nSPS) is 20.6. The molecule has 0 fully saturated rings. The second-order valence-electron chi connectivity index (χ2n) is 7.56. The van der Waals surface area contributed by atoms with Gasteiger partial charge in [0.15, 0.2) is 17.1 Å². The van der Waals surface area contributed by atoms with Crippen molar-refractivity contribution in [2.75, 3.05) is 0 Å². The van der Waals surface area contributed by atoms with Crippen molar-refractivity contribution in [1.82, 2.24) is 30.7 Å². The Morgan fingerprint density at radius 3 is 2.87 bits per heavy atom. The summed E-state index contributed by atoms with van der Waals surface area (Å²) in [5.41, 5.74) is 2.67. The number of carboxylic acids is 1. The number of imidazole rings is 1. The van der Waals surface area contributed by atoms with Gasteiger partial charge >= 0.3 is 5.97 Å². The van der Waals surface area contributed by atoms with E-state index >= 15 is 0 Å².